The number of para-hydroxylation sites is 2. The highest BCUT2D eigenvalue weighted by atomic mass is 32.1. The van der Waals surface area contributed by atoms with Crippen molar-refractivity contribution in [1.82, 2.24) is 9.13 Å². The standard InChI is InChI=1S/C49H34N2S/c1-31-12-8-24-46-48(31)42-30-36(50-43-22-5-2-17-38(43)39-18-3-6-23-44(39)50)26-27-45(42)51(46)35-16-10-14-33(29-35)32-13-9-15-34(28-32)37-20-11-21-41-40-19-4-7-25-47(40)52-49(37)41/h2-11,13-31H,12H2,1H3. The molecule has 3 heterocycles. The van der Waals surface area contributed by atoms with Crippen LogP contribution in [0.25, 0.3) is 92.6 Å². The Labute approximate surface area is 306 Å². The number of hydrogen-bond acceptors (Lipinski definition) is 1. The van der Waals surface area contributed by atoms with Gasteiger partial charge in [-0.25, -0.2) is 0 Å². The summed E-state index contributed by atoms with van der Waals surface area (Å²) in [5, 5.41) is 6.57. The Bertz CT molecular complexity index is 3020. The van der Waals surface area contributed by atoms with Gasteiger partial charge in [-0.05, 0) is 101 Å². The van der Waals surface area contributed by atoms with Crippen molar-refractivity contribution >= 4 is 70.3 Å². The number of fused-ring (bicyclic) bond motifs is 9. The molecular weight excluding hydrogens is 649 g/mol. The molecule has 0 saturated carbocycles. The third-order valence-electron chi connectivity index (χ3n) is 11.1. The third kappa shape index (κ3) is 4.36. The van der Waals surface area contributed by atoms with Gasteiger partial charge in [0.05, 0.1) is 16.6 Å². The number of nitrogens with zero attached hydrogens (tertiary/aromatic N) is 2. The number of hydrogen-bond donors (Lipinski definition) is 0. The molecule has 3 aromatic heterocycles. The van der Waals surface area contributed by atoms with Gasteiger partial charge in [0.25, 0.3) is 0 Å². The molecule has 7 aromatic carbocycles. The van der Waals surface area contributed by atoms with Gasteiger partial charge in [0.1, 0.15) is 0 Å². The molecule has 52 heavy (non-hydrogen) atoms. The predicted octanol–water partition coefficient (Wildman–Crippen LogP) is 13.9. The van der Waals surface area contributed by atoms with E-state index in [0.717, 1.165) is 6.42 Å². The first kappa shape index (κ1) is 29.6. The van der Waals surface area contributed by atoms with E-state index in [2.05, 4.69) is 186 Å². The average Bonchev–Trinajstić information content (AvgIpc) is 3.86. The van der Waals surface area contributed by atoms with Crippen LogP contribution in [0.1, 0.15) is 30.5 Å². The lowest BCUT2D eigenvalue weighted by atomic mass is 9.90. The summed E-state index contributed by atoms with van der Waals surface area (Å²) in [5.74, 6) is 0.425. The van der Waals surface area contributed by atoms with Gasteiger partial charge in [-0.1, -0.05) is 116 Å². The fourth-order valence-corrected chi connectivity index (χ4v) is 10.0. The highest BCUT2D eigenvalue weighted by Crippen LogP contribution is 2.43. The molecule has 2 nitrogen and oxygen atoms in total. The summed E-state index contributed by atoms with van der Waals surface area (Å²) in [6.07, 6.45) is 5.73. The molecule has 1 aliphatic carbocycles. The molecule has 10 aromatic rings. The fourth-order valence-electron chi connectivity index (χ4n) is 8.79. The van der Waals surface area contributed by atoms with Crippen LogP contribution in [-0.2, 0) is 0 Å². The molecule has 0 amide bonds. The van der Waals surface area contributed by atoms with E-state index in [4.69, 9.17) is 0 Å². The molecule has 0 bridgehead atoms. The molecule has 0 spiro atoms. The van der Waals surface area contributed by atoms with E-state index >= 15 is 0 Å². The molecule has 0 radical (unpaired) electrons. The number of aromatic nitrogens is 2. The summed E-state index contributed by atoms with van der Waals surface area (Å²) in [5.41, 5.74) is 13.8. The molecule has 3 heteroatoms. The zero-order chi connectivity index (χ0) is 34.3. The van der Waals surface area contributed by atoms with E-state index in [1.54, 1.807) is 0 Å². The lowest BCUT2D eigenvalue weighted by Crippen LogP contribution is -2.03. The molecule has 1 unspecified atom stereocenters. The SMILES string of the molecule is CC1CC=Cc2c1c1cc(-n3c4ccccc4c4ccccc43)ccc1n2-c1cccc(-c2cccc(-c3cccc4c3sc3ccccc34)c2)c1. The third-order valence-corrected chi connectivity index (χ3v) is 12.4. The Hall–Kier alpha value is -6.16. The minimum Gasteiger partial charge on any atom is -0.310 e. The maximum Gasteiger partial charge on any atom is 0.0541 e. The Kier molecular flexibility index (Phi) is 6.50. The Morgan fingerprint density at radius 1 is 0.500 bits per heavy atom. The number of allylic oxidation sites excluding steroid dienone is 1. The highest BCUT2D eigenvalue weighted by molar-refractivity contribution is 7.26. The van der Waals surface area contributed by atoms with Crippen molar-refractivity contribution < 1.29 is 0 Å². The van der Waals surface area contributed by atoms with Crippen molar-refractivity contribution in [2.75, 3.05) is 0 Å². The maximum atomic E-state index is 2.48. The molecular formula is C49H34N2S. The van der Waals surface area contributed by atoms with E-state index in [0.29, 0.717) is 5.92 Å². The van der Waals surface area contributed by atoms with E-state index in [1.807, 2.05) is 11.3 Å². The summed E-state index contributed by atoms with van der Waals surface area (Å²) in [4.78, 5) is 0. The van der Waals surface area contributed by atoms with Crippen molar-refractivity contribution in [2.24, 2.45) is 0 Å². The minimum absolute atomic E-state index is 0.425. The summed E-state index contributed by atoms with van der Waals surface area (Å²) in [7, 11) is 0. The van der Waals surface area contributed by atoms with E-state index in [1.165, 1.54) is 97.8 Å². The lowest BCUT2D eigenvalue weighted by Gasteiger charge is -2.17. The Balaban J connectivity index is 1.06. The van der Waals surface area contributed by atoms with Gasteiger partial charge in [-0.3, -0.25) is 0 Å². The van der Waals surface area contributed by atoms with Crippen LogP contribution in [0.2, 0.25) is 0 Å². The monoisotopic (exact) mass is 682 g/mol. The van der Waals surface area contributed by atoms with Crippen molar-refractivity contribution in [1.29, 1.82) is 0 Å². The van der Waals surface area contributed by atoms with Crippen molar-refractivity contribution in [3.63, 3.8) is 0 Å². The van der Waals surface area contributed by atoms with Crippen LogP contribution in [0.4, 0.5) is 0 Å². The topological polar surface area (TPSA) is 9.86 Å². The van der Waals surface area contributed by atoms with Gasteiger partial charge in [0.15, 0.2) is 0 Å². The summed E-state index contributed by atoms with van der Waals surface area (Å²) in [6, 6.07) is 58.3. The van der Waals surface area contributed by atoms with Crippen molar-refractivity contribution in [2.45, 2.75) is 19.3 Å². The molecule has 246 valence electrons. The van der Waals surface area contributed by atoms with Crippen LogP contribution >= 0.6 is 11.3 Å². The second-order valence-electron chi connectivity index (χ2n) is 14.2. The predicted molar refractivity (Wildman–Crippen MR) is 223 cm³/mol. The molecule has 1 aliphatic rings. The summed E-state index contributed by atoms with van der Waals surface area (Å²) < 4.78 is 7.60. The number of benzene rings is 7. The average molecular weight is 683 g/mol. The van der Waals surface area contributed by atoms with Crippen LogP contribution in [0.15, 0.2) is 164 Å². The van der Waals surface area contributed by atoms with E-state index in [-0.39, 0.29) is 0 Å². The van der Waals surface area contributed by atoms with E-state index < -0.39 is 0 Å². The van der Waals surface area contributed by atoms with Gasteiger partial charge >= 0.3 is 0 Å². The normalized spacial score (nSPS) is 14.3. The zero-order valence-electron chi connectivity index (χ0n) is 28.8. The van der Waals surface area contributed by atoms with E-state index in [9.17, 15) is 0 Å². The Morgan fingerprint density at radius 3 is 1.96 bits per heavy atom. The second kappa shape index (κ2) is 11.4. The molecule has 0 fully saturated rings. The van der Waals surface area contributed by atoms with Gasteiger partial charge in [0.2, 0.25) is 0 Å². The molecule has 1 atom stereocenters. The molecule has 0 N–H and O–H groups in total. The van der Waals surface area contributed by atoms with Gasteiger partial charge < -0.3 is 9.13 Å². The summed E-state index contributed by atoms with van der Waals surface area (Å²) >= 11 is 1.89. The highest BCUT2D eigenvalue weighted by Gasteiger charge is 2.24. The lowest BCUT2D eigenvalue weighted by molar-refractivity contribution is 0.773. The van der Waals surface area contributed by atoms with Crippen LogP contribution in [0.3, 0.4) is 0 Å². The molecule has 0 aliphatic heterocycles. The first-order valence-corrected chi connectivity index (χ1v) is 19.0. The van der Waals surface area contributed by atoms with Crippen LogP contribution < -0.4 is 0 Å². The number of rotatable bonds is 4. The van der Waals surface area contributed by atoms with Crippen LogP contribution in [0, 0.1) is 0 Å². The molecule has 0 saturated heterocycles. The largest absolute Gasteiger partial charge is 0.310 e. The molecule has 11 rings (SSSR count). The zero-order valence-corrected chi connectivity index (χ0v) is 29.6. The second-order valence-corrected chi connectivity index (χ2v) is 15.2. The van der Waals surface area contributed by atoms with Crippen molar-refractivity contribution in [3.8, 4) is 33.6 Å². The van der Waals surface area contributed by atoms with Crippen molar-refractivity contribution in [3.05, 3.63) is 175 Å². The van der Waals surface area contributed by atoms with Gasteiger partial charge in [-0.15, -0.1) is 11.3 Å². The first-order valence-electron chi connectivity index (χ1n) is 18.2. The minimum atomic E-state index is 0.425. The van der Waals surface area contributed by atoms with Crippen LogP contribution in [-0.4, -0.2) is 9.13 Å². The maximum absolute atomic E-state index is 2.48. The van der Waals surface area contributed by atoms with Crippen LogP contribution in [0.5, 0.6) is 0 Å². The quantitative estimate of drug-likeness (QED) is 0.175. The number of thiophene rings is 1. The fraction of sp³-hybridized carbons (Fsp3) is 0.0612. The summed E-state index contributed by atoms with van der Waals surface area (Å²) in [6.45, 7) is 2.37. The van der Waals surface area contributed by atoms with Gasteiger partial charge in [0, 0.05) is 53.4 Å². The smallest absolute Gasteiger partial charge is 0.0541 e. The Morgan fingerprint density at radius 2 is 1.13 bits per heavy atom. The van der Waals surface area contributed by atoms with Gasteiger partial charge in [-0.2, -0.15) is 0 Å². The first-order chi connectivity index (χ1) is 25.7.